The van der Waals surface area contributed by atoms with Crippen LogP contribution in [0.4, 0.5) is 0 Å². The first-order valence-corrected chi connectivity index (χ1v) is 12.5. The van der Waals surface area contributed by atoms with Crippen molar-refractivity contribution in [3.8, 4) is 11.5 Å². The van der Waals surface area contributed by atoms with Crippen molar-refractivity contribution in [2.75, 3.05) is 0 Å². The molecule has 0 spiro atoms. The molecule has 0 saturated heterocycles. The Labute approximate surface area is 156 Å². The van der Waals surface area contributed by atoms with E-state index in [0.29, 0.717) is 27.8 Å². The fourth-order valence-corrected chi connectivity index (χ4v) is 3.91. The summed E-state index contributed by atoms with van der Waals surface area (Å²) in [5.41, 5.74) is 2.49. The lowest BCUT2D eigenvalue weighted by Crippen LogP contribution is -2.33. The molecule has 1 aromatic rings. The molecule has 7 heteroatoms. The Morgan fingerprint density at radius 1 is 1.42 bits per heavy atom. The number of aromatic nitrogens is 1. The molecule has 0 unspecified atom stereocenters. The van der Waals surface area contributed by atoms with Crippen molar-refractivity contribution in [2.45, 2.75) is 58.2 Å². The standard InChI is InChI=1S/C17H22INO4Si/c1-5-17(22)10-15(20)23-11-12-13(17)9-14(18)19(16(12)21)7-6-8-24(2,3)4/h9,22H,5,7,10-11H2,1-4H3/t17-/m0/s1. The summed E-state index contributed by atoms with van der Waals surface area (Å²) in [6.45, 7) is 8.42. The molecule has 1 aromatic heterocycles. The lowest BCUT2D eigenvalue weighted by Gasteiger charge is -2.26. The fourth-order valence-electron chi connectivity index (χ4n) is 2.60. The monoisotopic (exact) mass is 459 g/mol. The van der Waals surface area contributed by atoms with Crippen LogP contribution in [-0.2, 0) is 28.3 Å². The normalized spacial score (nSPS) is 20.5. The number of nitrogens with zero attached hydrogens (tertiary/aromatic N) is 1. The van der Waals surface area contributed by atoms with Gasteiger partial charge in [-0.2, -0.15) is 0 Å². The van der Waals surface area contributed by atoms with Gasteiger partial charge in [0, 0.05) is 0 Å². The highest BCUT2D eigenvalue weighted by Gasteiger charge is 2.37. The van der Waals surface area contributed by atoms with Crippen LogP contribution in [-0.4, -0.2) is 23.7 Å². The SMILES string of the molecule is CC[C@]1(O)CC(=O)OCc2c1cc(I)n(CC#C[Si](C)(C)C)c2=O. The largest absolute Gasteiger partial charge is 0.460 e. The van der Waals surface area contributed by atoms with Crippen LogP contribution in [0.3, 0.4) is 0 Å². The van der Waals surface area contributed by atoms with Gasteiger partial charge in [0.05, 0.1) is 22.2 Å². The summed E-state index contributed by atoms with van der Waals surface area (Å²) >= 11 is 2.07. The van der Waals surface area contributed by atoms with E-state index in [1.165, 1.54) is 0 Å². The molecule has 0 aliphatic carbocycles. The second kappa shape index (κ2) is 7.02. The third kappa shape index (κ3) is 4.10. The fraction of sp³-hybridized carbons (Fsp3) is 0.529. The van der Waals surface area contributed by atoms with Crippen LogP contribution in [0.15, 0.2) is 10.9 Å². The molecule has 1 aliphatic rings. The van der Waals surface area contributed by atoms with Crippen LogP contribution in [0.2, 0.25) is 19.6 Å². The summed E-state index contributed by atoms with van der Waals surface area (Å²) in [7, 11) is -1.51. The number of hydrogen-bond acceptors (Lipinski definition) is 4. The van der Waals surface area contributed by atoms with Crippen LogP contribution in [0, 0.1) is 15.2 Å². The number of hydrogen-bond donors (Lipinski definition) is 1. The van der Waals surface area contributed by atoms with E-state index in [2.05, 4.69) is 53.7 Å². The van der Waals surface area contributed by atoms with Gasteiger partial charge in [-0.15, -0.1) is 5.54 Å². The Kier molecular flexibility index (Phi) is 5.62. The van der Waals surface area contributed by atoms with Gasteiger partial charge in [-0.3, -0.25) is 14.2 Å². The molecule has 0 amide bonds. The average Bonchev–Trinajstić information content (AvgIpc) is 2.59. The zero-order valence-corrected chi connectivity index (χ0v) is 17.6. The summed E-state index contributed by atoms with van der Waals surface area (Å²) in [4.78, 5) is 24.6. The van der Waals surface area contributed by atoms with Gasteiger partial charge in [0.2, 0.25) is 0 Å². The van der Waals surface area contributed by atoms with Gasteiger partial charge in [0.1, 0.15) is 20.3 Å². The molecule has 0 radical (unpaired) electrons. The van der Waals surface area contributed by atoms with Crippen molar-refractivity contribution in [2.24, 2.45) is 0 Å². The number of halogens is 1. The first kappa shape index (κ1) is 19.2. The van der Waals surface area contributed by atoms with Crippen molar-refractivity contribution in [1.82, 2.24) is 4.57 Å². The summed E-state index contributed by atoms with van der Waals surface area (Å²) < 4.78 is 7.39. The van der Waals surface area contributed by atoms with Crippen molar-refractivity contribution >= 4 is 36.6 Å². The molecule has 0 bridgehead atoms. The highest BCUT2D eigenvalue weighted by Crippen LogP contribution is 2.34. The first-order chi connectivity index (χ1) is 11.1. The Bertz CT molecular complexity index is 785. The molecule has 24 heavy (non-hydrogen) atoms. The Morgan fingerprint density at radius 2 is 2.08 bits per heavy atom. The van der Waals surface area contributed by atoms with Gasteiger partial charge in [0.25, 0.3) is 5.56 Å². The molecule has 0 aromatic carbocycles. The first-order valence-electron chi connectivity index (χ1n) is 7.88. The van der Waals surface area contributed by atoms with Gasteiger partial charge in [-0.25, -0.2) is 0 Å². The zero-order valence-electron chi connectivity index (χ0n) is 14.4. The van der Waals surface area contributed by atoms with E-state index in [9.17, 15) is 14.7 Å². The maximum atomic E-state index is 12.9. The number of carbonyl (C=O) groups is 1. The Balaban J connectivity index is 2.55. The van der Waals surface area contributed by atoms with E-state index in [1.807, 2.05) is 0 Å². The van der Waals surface area contributed by atoms with Gasteiger partial charge >= 0.3 is 5.97 Å². The molecule has 1 N–H and O–H groups in total. The number of esters is 1. The molecule has 130 valence electrons. The zero-order chi connectivity index (χ0) is 18.1. The topological polar surface area (TPSA) is 68.5 Å². The van der Waals surface area contributed by atoms with Crippen molar-refractivity contribution in [3.63, 3.8) is 0 Å². The number of ether oxygens (including phenoxy) is 1. The van der Waals surface area contributed by atoms with E-state index in [0.717, 1.165) is 0 Å². The summed E-state index contributed by atoms with van der Waals surface area (Å²) in [6, 6.07) is 1.78. The molecular formula is C17H22INO4Si. The molecule has 2 rings (SSSR count). The number of pyridine rings is 1. The van der Waals surface area contributed by atoms with Crippen LogP contribution in [0.5, 0.6) is 0 Å². The highest BCUT2D eigenvalue weighted by atomic mass is 127. The highest BCUT2D eigenvalue weighted by molar-refractivity contribution is 14.1. The van der Waals surface area contributed by atoms with Crippen LogP contribution in [0.1, 0.15) is 30.9 Å². The second-order valence-corrected chi connectivity index (χ2v) is 12.9. The minimum Gasteiger partial charge on any atom is -0.460 e. The third-order valence-electron chi connectivity index (χ3n) is 3.95. The van der Waals surface area contributed by atoms with Gasteiger partial charge in [0.15, 0.2) is 0 Å². The van der Waals surface area contributed by atoms with Gasteiger partial charge in [-0.05, 0) is 40.6 Å². The number of fused-ring (bicyclic) bond motifs is 1. The van der Waals surface area contributed by atoms with Crippen molar-refractivity contribution in [1.29, 1.82) is 0 Å². The maximum absolute atomic E-state index is 12.9. The van der Waals surface area contributed by atoms with E-state index < -0.39 is 19.6 Å². The predicted octanol–water partition coefficient (Wildman–Crippen LogP) is 2.38. The van der Waals surface area contributed by atoms with Crippen molar-refractivity contribution in [3.05, 3.63) is 31.2 Å². The molecular weight excluding hydrogens is 437 g/mol. The number of carbonyl (C=O) groups excluding carboxylic acids is 1. The minimum absolute atomic E-state index is 0.103. The Hall–Kier alpha value is -1.11. The van der Waals surface area contributed by atoms with Gasteiger partial charge < -0.3 is 9.84 Å². The van der Waals surface area contributed by atoms with Crippen LogP contribution >= 0.6 is 22.6 Å². The minimum atomic E-state index is -1.51. The van der Waals surface area contributed by atoms with E-state index >= 15 is 0 Å². The lowest BCUT2D eigenvalue weighted by molar-refractivity contribution is -0.149. The third-order valence-corrected chi connectivity index (χ3v) is 5.77. The molecule has 5 nitrogen and oxygen atoms in total. The predicted molar refractivity (Wildman–Crippen MR) is 103 cm³/mol. The molecule has 0 saturated carbocycles. The number of cyclic esters (lactones) is 1. The molecule has 1 aliphatic heterocycles. The van der Waals surface area contributed by atoms with E-state index in [1.54, 1.807) is 17.6 Å². The van der Waals surface area contributed by atoms with Crippen molar-refractivity contribution < 1.29 is 14.6 Å². The smallest absolute Gasteiger partial charge is 0.309 e. The molecule has 1 atom stereocenters. The second-order valence-electron chi connectivity index (χ2n) is 7.02. The summed E-state index contributed by atoms with van der Waals surface area (Å²) in [5, 5.41) is 10.8. The van der Waals surface area contributed by atoms with E-state index in [-0.39, 0.29) is 18.6 Å². The average molecular weight is 459 g/mol. The number of aliphatic hydroxyl groups is 1. The number of rotatable bonds is 2. The van der Waals surface area contributed by atoms with E-state index in [4.69, 9.17) is 4.74 Å². The van der Waals surface area contributed by atoms with Crippen LogP contribution < -0.4 is 5.56 Å². The summed E-state index contributed by atoms with van der Waals surface area (Å²) in [5.74, 6) is 2.60. The maximum Gasteiger partial charge on any atom is 0.309 e. The molecule has 0 fully saturated rings. The van der Waals surface area contributed by atoms with Gasteiger partial charge in [-0.1, -0.05) is 32.5 Å². The molecule has 2 heterocycles. The Morgan fingerprint density at radius 3 is 2.67 bits per heavy atom. The lowest BCUT2D eigenvalue weighted by atomic mass is 9.86. The van der Waals surface area contributed by atoms with Crippen LogP contribution in [0.25, 0.3) is 0 Å². The summed E-state index contributed by atoms with van der Waals surface area (Å²) in [6.07, 6.45) is 0.204. The quantitative estimate of drug-likeness (QED) is 0.243.